The molecular weight excluding hydrogens is 396 g/mol. The van der Waals surface area contributed by atoms with E-state index in [4.69, 9.17) is 9.47 Å². The SMILES string of the molecule is CC(=O)OCC(=O)[C@@]1(OC(C)=O)CC[C@@H]2[C@H]3CCC4=CC(=O)CC[C@]4(C)[C@@H]3CC[C@@]21C. The Labute approximate surface area is 184 Å². The molecule has 0 aromatic heterocycles. The second-order valence-corrected chi connectivity index (χ2v) is 10.6. The Morgan fingerprint density at radius 1 is 0.968 bits per heavy atom. The highest BCUT2D eigenvalue weighted by Gasteiger charge is 2.68. The molecule has 4 aliphatic rings. The van der Waals surface area contributed by atoms with Crippen molar-refractivity contribution in [2.45, 2.75) is 84.7 Å². The third kappa shape index (κ3) is 3.28. The molecule has 170 valence electrons. The van der Waals surface area contributed by atoms with Crippen molar-refractivity contribution in [3.05, 3.63) is 11.6 Å². The van der Waals surface area contributed by atoms with Crippen LogP contribution in [0.4, 0.5) is 0 Å². The number of fused-ring (bicyclic) bond motifs is 5. The van der Waals surface area contributed by atoms with Crippen LogP contribution in [0, 0.1) is 28.6 Å². The van der Waals surface area contributed by atoms with Crippen molar-refractivity contribution < 1.29 is 28.7 Å². The van der Waals surface area contributed by atoms with E-state index in [1.807, 2.05) is 6.08 Å². The zero-order valence-corrected chi connectivity index (χ0v) is 19.1. The fourth-order valence-electron chi connectivity index (χ4n) is 7.77. The second-order valence-electron chi connectivity index (χ2n) is 10.6. The number of Topliss-reactive ketones (excluding diaryl/α,β-unsaturated/α-hetero) is 1. The molecule has 0 bridgehead atoms. The topological polar surface area (TPSA) is 86.7 Å². The predicted octanol–water partition coefficient (Wildman–Crippen LogP) is 3.95. The lowest BCUT2D eigenvalue weighted by molar-refractivity contribution is -0.190. The molecule has 0 aliphatic heterocycles. The van der Waals surface area contributed by atoms with Gasteiger partial charge in [0.05, 0.1) is 0 Å². The van der Waals surface area contributed by atoms with Gasteiger partial charge in [0, 0.05) is 25.7 Å². The molecule has 3 saturated carbocycles. The van der Waals surface area contributed by atoms with Crippen LogP contribution >= 0.6 is 0 Å². The molecule has 6 atom stereocenters. The van der Waals surface area contributed by atoms with Crippen molar-refractivity contribution in [2.24, 2.45) is 28.6 Å². The molecule has 0 unspecified atom stereocenters. The Kier molecular flexibility index (Phi) is 5.42. The normalized spacial score (nSPS) is 41.4. The average molecular weight is 431 g/mol. The number of rotatable bonds is 4. The Morgan fingerprint density at radius 2 is 1.68 bits per heavy atom. The van der Waals surface area contributed by atoms with Gasteiger partial charge in [-0.25, -0.2) is 0 Å². The maximum absolute atomic E-state index is 13.4. The van der Waals surface area contributed by atoms with Gasteiger partial charge in [-0.05, 0) is 74.2 Å². The first kappa shape index (κ1) is 22.2. The van der Waals surface area contributed by atoms with Gasteiger partial charge >= 0.3 is 11.9 Å². The largest absolute Gasteiger partial charge is 0.458 e. The summed E-state index contributed by atoms with van der Waals surface area (Å²) in [4.78, 5) is 48.8. The minimum absolute atomic E-state index is 0.0482. The van der Waals surface area contributed by atoms with Gasteiger partial charge in [0.25, 0.3) is 0 Å². The van der Waals surface area contributed by atoms with Crippen LogP contribution in [0.5, 0.6) is 0 Å². The molecule has 0 saturated heterocycles. The second kappa shape index (κ2) is 7.56. The van der Waals surface area contributed by atoms with Gasteiger partial charge in [-0.15, -0.1) is 0 Å². The lowest BCUT2D eigenvalue weighted by Gasteiger charge is -2.59. The molecule has 6 nitrogen and oxygen atoms in total. The number of ketones is 2. The Hall–Kier alpha value is -1.98. The summed E-state index contributed by atoms with van der Waals surface area (Å²) in [5.41, 5.74) is -0.348. The molecule has 0 heterocycles. The first-order valence-electron chi connectivity index (χ1n) is 11.6. The van der Waals surface area contributed by atoms with Gasteiger partial charge in [-0.1, -0.05) is 19.4 Å². The highest BCUT2D eigenvalue weighted by Crippen LogP contribution is 2.68. The molecule has 4 rings (SSSR count). The molecule has 0 aromatic rings. The van der Waals surface area contributed by atoms with E-state index in [0.29, 0.717) is 24.7 Å². The zero-order valence-electron chi connectivity index (χ0n) is 19.1. The lowest BCUT2D eigenvalue weighted by atomic mass is 9.46. The molecule has 0 spiro atoms. The summed E-state index contributed by atoms with van der Waals surface area (Å²) in [7, 11) is 0. The van der Waals surface area contributed by atoms with Crippen molar-refractivity contribution >= 4 is 23.5 Å². The Morgan fingerprint density at radius 3 is 2.35 bits per heavy atom. The van der Waals surface area contributed by atoms with Gasteiger partial charge in [0.1, 0.15) is 0 Å². The van der Waals surface area contributed by atoms with Crippen LogP contribution in [0.2, 0.25) is 0 Å². The molecule has 4 aliphatic carbocycles. The van der Waals surface area contributed by atoms with Crippen LogP contribution in [0.15, 0.2) is 11.6 Å². The van der Waals surface area contributed by atoms with Crippen LogP contribution in [0.25, 0.3) is 0 Å². The van der Waals surface area contributed by atoms with Crippen molar-refractivity contribution in [2.75, 3.05) is 6.61 Å². The fourth-order valence-corrected chi connectivity index (χ4v) is 7.77. The average Bonchev–Trinajstić information content (AvgIpc) is 2.99. The van der Waals surface area contributed by atoms with Crippen molar-refractivity contribution in [3.8, 4) is 0 Å². The van der Waals surface area contributed by atoms with Gasteiger partial charge in [0.15, 0.2) is 18.0 Å². The first-order chi connectivity index (χ1) is 14.5. The standard InChI is InChI=1S/C25H34O6/c1-15(26)30-14-22(29)25(31-16(2)27)12-9-21-19-6-5-17-13-18(28)7-10-23(17,3)20(19)8-11-24(21,25)4/h13,19-21H,5-12,14H2,1-4H3/t19-,20+,21+,23-,24-,25-/m0/s1. The lowest BCUT2D eigenvalue weighted by Crippen LogP contribution is -2.59. The Balaban J connectivity index is 1.67. The van der Waals surface area contributed by atoms with E-state index in [9.17, 15) is 19.2 Å². The monoisotopic (exact) mass is 430 g/mol. The quantitative estimate of drug-likeness (QED) is 0.628. The van der Waals surface area contributed by atoms with Gasteiger partial charge in [0.2, 0.25) is 5.78 Å². The molecule has 0 aromatic carbocycles. The number of carbonyl (C=O) groups is 4. The summed E-state index contributed by atoms with van der Waals surface area (Å²) in [6.45, 7) is 6.70. The molecule has 0 amide bonds. The predicted molar refractivity (Wildman–Crippen MR) is 113 cm³/mol. The Bertz CT molecular complexity index is 858. The van der Waals surface area contributed by atoms with Gasteiger partial charge in [-0.3, -0.25) is 19.2 Å². The summed E-state index contributed by atoms with van der Waals surface area (Å²) >= 11 is 0. The van der Waals surface area contributed by atoms with Crippen LogP contribution in [0.3, 0.4) is 0 Å². The van der Waals surface area contributed by atoms with E-state index < -0.39 is 23.0 Å². The van der Waals surface area contributed by atoms with Crippen LogP contribution in [0.1, 0.15) is 79.1 Å². The number of esters is 2. The molecule has 6 heteroatoms. The van der Waals surface area contributed by atoms with Gasteiger partial charge < -0.3 is 9.47 Å². The van der Waals surface area contributed by atoms with Crippen LogP contribution < -0.4 is 0 Å². The molecular formula is C25H34O6. The maximum atomic E-state index is 13.4. The fraction of sp³-hybridized carbons (Fsp3) is 0.760. The molecule has 0 radical (unpaired) electrons. The number of allylic oxidation sites excluding steroid dienone is 1. The van der Waals surface area contributed by atoms with Gasteiger partial charge in [-0.2, -0.15) is 0 Å². The number of ether oxygens (including phenoxy) is 2. The number of hydrogen-bond donors (Lipinski definition) is 0. The van der Waals surface area contributed by atoms with E-state index in [1.165, 1.54) is 19.4 Å². The molecule has 31 heavy (non-hydrogen) atoms. The summed E-state index contributed by atoms with van der Waals surface area (Å²) < 4.78 is 10.9. The molecule has 0 N–H and O–H groups in total. The highest BCUT2D eigenvalue weighted by molar-refractivity contribution is 5.93. The first-order valence-corrected chi connectivity index (χ1v) is 11.6. The zero-order chi connectivity index (χ0) is 22.6. The van der Waals surface area contributed by atoms with E-state index in [-0.39, 0.29) is 29.5 Å². The summed E-state index contributed by atoms with van der Waals surface area (Å²) in [6.07, 6.45) is 8.39. The van der Waals surface area contributed by atoms with E-state index in [2.05, 4.69) is 13.8 Å². The third-order valence-electron chi connectivity index (χ3n) is 9.26. The minimum Gasteiger partial charge on any atom is -0.458 e. The van der Waals surface area contributed by atoms with E-state index in [0.717, 1.165) is 38.5 Å². The van der Waals surface area contributed by atoms with Crippen molar-refractivity contribution in [3.63, 3.8) is 0 Å². The van der Waals surface area contributed by atoms with Crippen molar-refractivity contribution in [1.29, 1.82) is 0 Å². The molecule has 3 fully saturated rings. The summed E-state index contributed by atoms with van der Waals surface area (Å²) in [5, 5.41) is 0. The summed E-state index contributed by atoms with van der Waals surface area (Å²) in [5.74, 6) is 0.156. The van der Waals surface area contributed by atoms with Crippen molar-refractivity contribution in [1.82, 2.24) is 0 Å². The van der Waals surface area contributed by atoms with Crippen LogP contribution in [-0.4, -0.2) is 35.7 Å². The third-order valence-corrected chi connectivity index (χ3v) is 9.26. The number of carbonyl (C=O) groups excluding carboxylic acids is 4. The number of hydrogen-bond acceptors (Lipinski definition) is 6. The van der Waals surface area contributed by atoms with E-state index >= 15 is 0 Å². The smallest absolute Gasteiger partial charge is 0.303 e. The highest BCUT2D eigenvalue weighted by atomic mass is 16.6. The summed E-state index contributed by atoms with van der Waals surface area (Å²) in [6, 6.07) is 0. The minimum atomic E-state index is -1.23. The maximum Gasteiger partial charge on any atom is 0.303 e. The van der Waals surface area contributed by atoms with Crippen LogP contribution in [-0.2, 0) is 28.7 Å². The van der Waals surface area contributed by atoms with E-state index in [1.54, 1.807) is 0 Å².